The Morgan fingerprint density at radius 2 is 1.62 bits per heavy atom. The van der Waals surface area contributed by atoms with Crippen molar-refractivity contribution in [3.63, 3.8) is 0 Å². The van der Waals surface area contributed by atoms with Gasteiger partial charge in [0.25, 0.3) is 5.91 Å². The molecule has 1 aromatic heterocycles. The van der Waals surface area contributed by atoms with Gasteiger partial charge in [0.2, 0.25) is 0 Å². The van der Waals surface area contributed by atoms with Gasteiger partial charge in [-0.2, -0.15) is 0 Å². The third-order valence-corrected chi connectivity index (χ3v) is 6.22. The van der Waals surface area contributed by atoms with Crippen LogP contribution < -0.4 is 14.4 Å². The van der Waals surface area contributed by atoms with Gasteiger partial charge in [-0.05, 0) is 0 Å². The number of rotatable bonds is 6. The van der Waals surface area contributed by atoms with Crippen LogP contribution in [0, 0.1) is 0 Å². The minimum Gasteiger partial charge on any atom is -0.497 e. The highest BCUT2D eigenvalue weighted by molar-refractivity contribution is 7.84. The van der Waals surface area contributed by atoms with Crippen LogP contribution in [0.4, 0.5) is 5.69 Å². The molecule has 3 aromatic rings. The summed E-state index contributed by atoms with van der Waals surface area (Å²) in [6.45, 7) is 2.44. The molecular formula is C23H26N4O4S. The largest absolute Gasteiger partial charge is 0.497 e. The molecule has 168 valence electrons. The number of imidazole rings is 1. The number of H-pyrrole nitrogens is 1. The number of piperazine rings is 1. The quantitative estimate of drug-likeness (QED) is 0.616. The number of hydrogen-bond donors (Lipinski definition) is 1. The summed E-state index contributed by atoms with van der Waals surface area (Å²) >= 11 is 0. The second-order valence-electron chi connectivity index (χ2n) is 7.44. The van der Waals surface area contributed by atoms with Crippen LogP contribution >= 0.6 is 0 Å². The second kappa shape index (κ2) is 9.44. The number of carbonyl (C=O) groups excluding carboxylic acids is 1. The molecule has 9 heteroatoms. The summed E-state index contributed by atoms with van der Waals surface area (Å²) in [5, 5.41) is 0.300. The molecule has 32 heavy (non-hydrogen) atoms. The number of amides is 1. The zero-order chi connectivity index (χ0) is 22.7. The first-order valence-electron chi connectivity index (χ1n) is 10.3. The first kappa shape index (κ1) is 21.9. The van der Waals surface area contributed by atoms with E-state index in [0.717, 1.165) is 22.7 Å². The highest BCUT2D eigenvalue weighted by Gasteiger charge is 2.27. The van der Waals surface area contributed by atoms with Crippen LogP contribution in [-0.4, -0.2) is 71.6 Å². The summed E-state index contributed by atoms with van der Waals surface area (Å²) in [5.41, 5.74) is 2.70. The first-order valence-corrected chi connectivity index (χ1v) is 11.8. The molecular weight excluding hydrogens is 428 g/mol. The Labute approximate surface area is 189 Å². The van der Waals surface area contributed by atoms with Gasteiger partial charge < -0.3 is 24.3 Å². The van der Waals surface area contributed by atoms with Gasteiger partial charge in [-0.3, -0.25) is 9.00 Å². The fourth-order valence-corrected chi connectivity index (χ4v) is 4.21. The summed E-state index contributed by atoms with van der Waals surface area (Å²) < 4.78 is 22.8. The van der Waals surface area contributed by atoms with E-state index >= 15 is 0 Å². The number of hydrogen-bond acceptors (Lipinski definition) is 6. The minimum absolute atomic E-state index is 0.143. The molecule has 0 bridgehead atoms. The number of aromatic nitrogens is 2. The lowest BCUT2D eigenvalue weighted by Gasteiger charge is -2.36. The topological polar surface area (TPSA) is 87.8 Å². The molecule has 1 aliphatic heterocycles. The van der Waals surface area contributed by atoms with Crippen LogP contribution in [0.5, 0.6) is 11.5 Å². The second-order valence-corrected chi connectivity index (χ2v) is 8.73. The van der Waals surface area contributed by atoms with E-state index < -0.39 is 10.8 Å². The normalized spacial score (nSPS) is 14.8. The Morgan fingerprint density at radius 3 is 2.19 bits per heavy atom. The van der Waals surface area contributed by atoms with Crippen LogP contribution in [0.15, 0.2) is 53.7 Å². The smallest absolute Gasteiger partial charge is 0.272 e. The van der Waals surface area contributed by atoms with E-state index in [-0.39, 0.29) is 5.91 Å². The number of anilines is 1. The van der Waals surface area contributed by atoms with Gasteiger partial charge in [0, 0.05) is 61.9 Å². The van der Waals surface area contributed by atoms with Gasteiger partial charge in [-0.15, -0.1) is 0 Å². The lowest BCUT2D eigenvalue weighted by molar-refractivity contribution is 0.0742. The maximum Gasteiger partial charge on any atom is 0.272 e. The zero-order valence-electron chi connectivity index (χ0n) is 18.3. The van der Waals surface area contributed by atoms with Gasteiger partial charge in [0.05, 0.1) is 25.0 Å². The average Bonchev–Trinajstić information content (AvgIpc) is 3.30. The summed E-state index contributed by atoms with van der Waals surface area (Å²) in [6, 6.07) is 15.2. The fourth-order valence-electron chi connectivity index (χ4n) is 3.75. The van der Waals surface area contributed by atoms with E-state index in [1.54, 1.807) is 25.4 Å². The van der Waals surface area contributed by atoms with Gasteiger partial charge in [0.15, 0.2) is 5.16 Å². The van der Waals surface area contributed by atoms with Crippen LogP contribution in [0.1, 0.15) is 10.5 Å². The molecule has 1 aliphatic rings. The molecule has 8 nitrogen and oxygen atoms in total. The van der Waals surface area contributed by atoms with Crippen LogP contribution in [0.25, 0.3) is 11.3 Å². The number of methoxy groups -OCH3 is 2. The summed E-state index contributed by atoms with van der Waals surface area (Å²) in [5.74, 6) is 1.31. The molecule has 2 heterocycles. The zero-order valence-corrected chi connectivity index (χ0v) is 19.1. The highest BCUT2D eigenvalue weighted by Crippen LogP contribution is 2.30. The Balaban J connectivity index is 1.54. The molecule has 0 spiro atoms. The molecule has 1 saturated heterocycles. The van der Waals surface area contributed by atoms with E-state index in [2.05, 4.69) is 14.9 Å². The average molecular weight is 455 g/mol. The van der Waals surface area contributed by atoms with E-state index in [1.807, 2.05) is 48.5 Å². The van der Waals surface area contributed by atoms with E-state index in [1.165, 1.54) is 0 Å². The van der Waals surface area contributed by atoms with E-state index in [0.29, 0.717) is 42.7 Å². The Bertz CT molecular complexity index is 1100. The van der Waals surface area contributed by atoms with Crippen molar-refractivity contribution in [3.05, 3.63) is 54.2 Å². The van der Waals surface area contributed by atoms with Crippen molar-refractivity contribution in [2.24, 2.45) is 0 Å². The highest BCUT2D eigenvalue weighted by atomic mass is 32.2. The molecule has 1 fully saturated rings. The van der Waals surface area contributed by atoms with Crippen molar-refractivity contribution in [1.29, 1.82) is 0 Å². The summed E-state index contributed by atoms with van der Waals surface area (Å²) in [7, 11) is 1.93. The maximum atomic E-state index is 13.4. The van der Waals surface area contributed by atoms with Crippen LogP contribution in [0.2, 0.25) is 0 Å². The van der Waals surface area contributed by atoms with Crippen LogP contribution in [0.3, 0.4) is 0 Å². The third-order valence-electron chi connectivity index (χ3n) is 5.48. The number of nitrogens with zero attached hydrogens (tertiary/aromatic N) is 3. The van der Waals surface area contributed by atoms with Crippen molar-refractivity contribution in [2.45, 2.75) is 5.16 Å². The van der Waals surface area contributed by atoms with Crippen molar-refractivity contribution < 1.29 is 18.5 Å². The number of ether oxygens (including phenoxy) is 2. The maximum absolute atomic E-state index is 13.4. The monoisotopic (exact) mass is 454 g/mol. The number of carbonyl (C=O) groups is 1. The molecule has 0 saturated carbocycles. The number of nitrogens with one attached hydrogen (secondary N) is 1. The molecule has 1 atom stereocenters. The molecule has 0 radical (unpaired) electrons. The molecule has 2 aromatic carbocycles. The van der Waals surface area contributed by atoms with Crippen molar-refractivity contribution >= 4 is 22.4 Å². The van der Waals surface area contributed by atoms with Gasteiger partial charge in [-0.25, -0.2) is 4.98 Å². The standard InChI is InChI=1S/C23H26N4O4S/c1-30-18-13-17(14-19(15-18)31-2)26-9-11-27(12-10-26)22(28)21-20(16-7-5-4-6-8-16)24-23(25-21)32(3)29/h4-8,13-15H,9-12H2,1-3H3,(H,24,25). The van der Waals surface area contributed by atoms with E-state index in [4.69, 9.17) is 9.47 Å². The molecule has 1 unspecified atom stereocenters. The van der Waals surface area contributed by atoms with E-state index in [9.17, 15) is 9.00 Å². The predicted octanol–water partition coefficient (Wildman–Crippen LogP) is 2.79. The fraction of sp³-hybridized carbons (Fsp3) is 0.304. The van der Waals surface area contributed by atoms with Gasteiger partial charge in [0.1, 0.15) is 22.9 Å². The predicted molar refractivity (Wildman–Crippen MR) is 124 cm³/mol. The Kier molecular flexibility index (Phi) is 6.45. The minimum atomic E-state index is -1.32. The van der Waals surface area contributed by atoms with Crippen molar-refractivity contribution in [1.82, 2.24) is 14.9 Å². The number of aromatic amines is 1. The SMILES string of the molecule is COc1cc(OC)cc(N2CCN(C(=O)c3[nH]c(S(C)=O)nc3-c3ccccc3)CC2)c1. The number of benzene rings is 2. The molecule has 1 N–H and O–H groups in total. The molecule has 0 aliphatic carbocycles. The lowest BCUT2D eigenvalue weighted by Crippen LogP contribution is -2.49. The Hall–Kier alpha value is -3.33. The van der Waals surface area contributed by atoms with Gasteiger partial charge in [-0.1, -0.05) is 30.3 Å². The summed E-state index contributed by atoms with van der Waals surface area (Å²) in [4.78, 5) is 24.8. The van der Waals surface area contributed by atoms with Crippen molar-refractivity contribution in [2.75, 3.05) is 51.6 Å². The molecule has 1 amide bonds. The lowest BCUT2D eigenvalue weighted by atomic mass is 10.1. The van der Waals surface area contributed by atoms with Crippen LogP contribution in [-0.2, 0) is 10.8 Å². The summed E-state index contributed by atoms with van der Waals surface area (Å²) in [6.07, 6.45) is 1.54. The third kappa shape index (κ3) is 4.47. The van der Waals surface area contributed by atoms with Crippen molar-refractivity contribution in [3.8, 4) is 22.8 Å². The Morgan fingerprint density at radius 1 is 1.00 bits per heavy atom. The molecule has 4 rings (SSSR count). The van der Waals surface area contributed by atoms with Gasteiger partial charge >= 0.3 is 0 Å². The first-order chi connectivity index (χ1) is 15.5.